The van der Waals surface area contributed by atoms with Crippen molar-refractivity contribution in [3.63, 3.8) is 0 Å². The first-order valence-corrected chi connectivity index (χ1v) is 6.33. The molecule has 0 fully saturated rings. The minimum atomic E-state index is -3.24. The van der Waals surface area contributed by atoms with Crippen molar-refractivity contribution < 1.29 is 14.0 Å². The summed E-state index contributed by atoms with van der Waals surface area (Å²) in [5, 5.41) is 0. The predicted molar refractivity (Wildman–Crippen MR) is 43.1 cm³/mol. The van der Waals surface area contributed by atoms with E-state index in [2.05, 4.69) is 16.2 Å². The highest BCUT2D eigenvalue weighted by Gasteiger charge is 2.07. The van der Waals surface area contributed by atoms with Crippen molar-refractivity contribution >= 4 is 30.1 Å². The van der Waals surface area contributed by atoms with Crippen LogP contribution in [0.5, 0.6) is 0 Å². The molecule has 0 aromatic heterocycles. The maximum Gasteiger partial charge on any atom is 0.325 e. The summed E-state index contributed by atoms with van der Waals surface area (Å²) >= 11 is 3.82. The first-order valence-electron chi connectivity index (χ1n) is 2.27. The van der Waals surface area contributed by atoms with E-state index < -0.39 is 7.60 Å². The van der Waals surface area contributed by atoms with Gasteiger partial charge in [-0.1, -0.05) is 10.8 Å². The number of hydrogen-bond donors (Lipinski definition) is 2. The van der Waals surface area contributed by atoms with Crippen LogP contribution in [0.1, 0.15) is 0 Å². The van der Waals surface area contributed by atoms with E-state index >= 15 is 0 Å². The highest BCUT2D eigenvalue weighted by atomic mass is 33.1. The summed E-state index contributed by atoms with van der Waals surface area (Å²) < 4.78 is 14.9. The summed E-state index contributed by atoms with van der Waals surface area (Å²) in [7, 11) is -1.96. The van der Waals surface area contributed by atoms with Gasteiger partial charge in [-0.3, -0.25) is 4.57 Å². The standard InChI is InChI=1S/C3H9O3PS2/c1-7(4,5)6-2-3-9-8/h8H,2-3H2,1H3,(H,4,5). The van der Waals surface area contributed by atoms with Gasteiger partial charge in [0.25, 0.3) is 0 Å². The number of thiol groups is 1. The van der Waals surface area contributed by atoms with Gasteiger partial charge in [0.15, 0.2) is 0 Å². The average Bonchev–Trinajstić information content (AvgIpc) is 1.63. The van der Waals surface area contributed by atoms with Crippen molar-refractivity contribution in [2.24, 2.45) is 0 Å². The quantitative estimate of drug-likeness (QED) is 0.303. The number of hydrogen-bond acceptors (Lipinski definition) is 4. The molecule has 0 rings (SSSR count). The van der Waals surface area contributed by atoms with Gasteiger partial charge in [-0.25, -0.2) is 0 Å². The molecule has 0 spiro atoms. The first-order chi connectivity index (χ1) is 4.06. The lowest BCUT2D eigenvalue weighted by atomic mass is 10.9. The zero-order valence-electron chi connectivity index (χ0n) is 4.98. The Morgan fingerprint density at radius 2 is 2.44 bits per heavy atom. The maximum atomic E-state index is 10.4. The van der Waals surface area contributed by atoms with Crippen LogP contribution in [0.3, 0.4) is 0 Å². The second kappa shape index (κ2) is 4.63. The van der Waals surface area contributed by atoms with Crippen LogP contribution in [0.15, 0.2) is 0 Å². The predicted octanol–water partition coefficient (Wildman–Crippen LogP) is 1.40. The van der Waals surface area contributed by atoms with E-state index in [1.165, 1.54) is 10.8 Å². The molecule has 1 unspecified atom stereocenters. The van der Waals surface area contributed by atoms with Gasteiger partial charge in [-0.05, 0) is 0 Å². The molecular formula is C3H9O3PS2. The number of rotatable bonds is 4. The lowest BCUT2D eigenvalue weighted by Gasteiger charge is -2.03. The molecule has 0 amide bonds. The highest BCUT2D eigenvalue weighted by molar-refractivity contribution is 8.68. The molecular weight excluding hydrogens is 179 g/mol. The summed E-state index contributed by atoms with van der Waals surface area (Å²) in [5.74, 6) is 0.626. The minimum absolute atomic E-state index is 0.276. The molecule has 0 aliphatic heterocycles. The minimum Gasteiger partial charge on any atom is -0.324 e. The Hall–Kier alpha value is 0.850. The molecule has 0 aliphatic carbocycles. The lowest BCUT2D eigenvalue weighted by molar-refractivity contribution is 0.282. The van der Waals surface area contributed by atoms with E-state index in [9.17, 15) is 4.57 Å². The Morgan fingerprint density at radius 3 is 2.78 bits per heavy atom. The maximum absolute atomic E-state index is 10.4. The first kappa shape index (κ1) is 9.85. The van der Waals surface area contributed by atoms with Gasteiger partial charge in [0.1, 0.15) is 0 Å². The third-order valence-electron chi connectivity index (χ3n) is 0.505. The van der Waals surface area contributed by atoms with E-state index in [4.69, 9.17) is 4.89 Å². The molecule has 1 atom stereocenters. The van der Waals surface area contributed by atoms with Crippen LogP contribution in [0.2, 0.25) is 0 Å². The Bertz CT molecular complexity index is 112. The molecule has 0 aromatic rings. The van der Waals surface area contributed by atoms with E-state index in [0.29, 0.717) is 5.75 Å². The molecule has 0 saturated heterocycles. The van der Waals surface area contributed by atoms with Crippen LogP contribution in [0, 0.1) is 0 Å². The van der Waals surface area contributed by atoms with Gasteiger partial charge in [-0.2, -0.15) is 0 Å². The van der Waals surface area contributed by atoms with E-state index in [0.717, 1.165) is 6.66 Å². The average molecular weight is 188 g/mol. The van der Waals surface area contributed by atoms with E-state index in [1.807, 2.05) is 0 Å². The van der Waals surface area contributed by atoms with Gasteiger partial charge < -0.3 is 9.42 Å². The largest absolute Gasteiger partial charge is 0.325 e. The second-order valence-electron chi connectivity index (χ2n) is 1.47. The Labute approximate surface area is 63.5 Å². The molecule has 0 radical (unpaired) electrons. The monoisotopic (exact) mass is 188 g/mol. The summed E-state index contributed by atoms with van der Waals surface area (Å²) in [5.41, 5.74) is 0. The Balaban J connectivity index is 3.18. The van der Waals surface area contributed by atoms with E-state index in [-0.39, 0.29) is 6.61 Å². The summed E-state index contributed by atoms with van der Waals surface area (Å²) in [6.07, 6.45) is 0. The van der Waals surface area contributed by atoms with Crippen molar-refractivity contribution in [1.82, 2.24) is 0 Å². The van der Waals surface area contributed by atoms with E-state index in [1.54, 1.807) is 0 Å². The highest BCUT2D eigenvalue weighted by Crippen LogP contribution is 2.36. The molecule has 56 valence electrons. The zero-order chi connectivity index (χ0) is 7.33. The van der Waals surface area contributed by atoms with Crippen molar-refractivity contribution in [1.29, 1.82) is 0 Å². The fourth-order valence-corrected chi connectivity index (χ4v) is 1.18. The van der Waals surface area contributed by atoms with Crippen LogP contribution in [-0.2, 0) is 9.09 Å². The van der Waals surface area contributed by atoms with Crippen molar-refractivity contribution in [3.05, 3.63) is 0 Å². The van der Waals surface area contributed by atoms with Crippen LogP contribution in [0.4, 0.5) is 0 Å². The van der Waals surface area contributed by atoms with Crippen LogP contribution >= 0.6 is 30.1 Å². The molecule has 6 heteroatoms. The third-order valence-corrected chi connectivity index (χ3v) is 2.06. The third kappa shape index (κ3) is 8.85. The Kier molecular flexibility index (Phi) is 5.07. The summed E-state index contributed by atoms with van der Waals surface area (Å²) in [6, 6.07) is 0. The molecule has 1 N–H and O–H groups in total. The zero-order valence-corrected chi connectivity index (χ0v) is 7.59. The molecule has 9 heavy (non-hydrogen) atoms. The second-order valence-corrected chi connectivity index (χ2v) is 4.77. The van der Waals surface area contributed by atoms with Crippen molar-refractivity contribution in [3.8, 4) is 0 Å². The normalized spacial score (nSPS) is 17.2. The molecule has 3 nitrogen and oxygen atoms in total. The van der Waals surface area contributed by atoms with Crippen molar-refractivity contribution in [2.75, 3.05) is 19.0 Å². The van der Waals surface area contributed by atoms with Crippen LogP contribution in [-0.4, -0.2) is 23.9 Å². The summed E-state index contributed by atoms with van der Waals surface area (Å²) in [6.45, 7) is 1.44. The fraction of sp³-hybridized carbons (Fsp3) is 1.00. The van der Waals surface area contributed by atoms with Crippen molar-refractivity contribution in [2.45, 2.75) is 0 Å². The topological polar surface area (TPSA) is 46.5 Å². The SMILES string of the molecule is CP(=O)(O)OCCSS. The fourth-order valence-electron chi connectivity index (χ4n) is 0.244. The lowest BCUT2D eigenvalue weighted by Crippen LogP contribution is -1.92. The molecule has 0 saturated carbocycles. The van der Waals surface area contributed by atoms with Gasteiger partial charge in [-0.15, -0.1) is 11.7 Å². The summed E-state index contributed by atoms with van der Waals surface area (Å²) in [4.78, 5) is 8.54. The smallest absolute Gasteiger partial charge is 0.324 e. The molecule has 0 aliphatic rings. The van der Waals surface area contributed by atoms with Gasteiger partial charge in [0.2, 0.25) is 0 Å². The van der Waals surface area contributed by atoms with Crippen LogP contribution < -0.4 is 0 Å². The van der Waals surface area contributed by atoms with Gasteiger partial charge >= 0.3 is 7.60 Å². The van der Waals surface area contributed by atoms with Gasteiger partial charge in [0, 0.05) is 12.4 Å². The molecule has 0 heterocycles. The van der Waals surface area contributed by atoms with Gasteiger partial charge in [0.05, 0.1) is 6.61 Å². The molecule has 0 aromatic carbocycles. The molecule has 0 bridgehead atoms. The van der Waals surface area contributed by atoms with Crippen LogP contribution in [0.25, 0.3) is 0 Å². The Morgan fingerprint density at radius 1 is 1.89 bits per heavy atom.